The number of thiazole rings is 1. The van der Waals surface area contributed by atoms with Crippen LogP contribution in [0.3, 0.4) is 0 Å². The van der Waals surface area contributed by atoms with Crippen molar-refractivity contribution >= 4 is 43.2 Å². The van der Waals surface area contributed by atoms with Gasteiger partial charge >= 0.3 is 0 Å². The fraction of sp³-hybridized carbons (Fsp3) is 0. The summed E-state index contributed by atoms with van der Waals surface area (Å²) in [4.78, 5) is 3.88. The molecule has 1 heterocycles. The molecule has 1 rings (SSSR count). The van der Waals surface area contributed by atoms with Gasteiger partial charge in [0.15, 0.2) is 3.92 Å². The second-order valence-corrected chi connectivity index (χ2v) is 3.68. The minimum atomic E-state index is 0.455. The van der Waals surface area contributed by atoms with Crippen LogP contribution in [0, 0.1) is 0 Å². The highest BCUT2D eigenvalue weighted by Gasteiger charge is 1.89. The van der Waals surface area contributed by atoms with E-state index in [1.807, 2.05) is 0 Å². The van der Waals surface area contributed by atoms with Crippen LogP contribution in [0.2, 0.25) is 0 Å². The molecule has 0 saturated carbocycles. The summed E-state index contributed by atoms with van der Waals surface area (Å²) in [6.45, 7) is 0. The van der Waals surface area contributed by atoms with E-state index in [1.54, 1.807) is 0 Å². The highest BCUT2D eigenvalue weighted by Crippen LogP contribution is 2.19. The Balaban J connectivity index is 3.14. The Hall–Kier alpha value is 0.590. The van der Waals surface area contributed by atoms with Gasteiger partial charge in [-0.15, -0.1) is 11.3 Å². The van der Waals surface area contributed by atoms with Crippen molar-refractivity contribution in [1.82, 2.24) is 4.98 Å². The largest absolute Gasteiger partial charge is 0.222 e. The lowest BCUT2D eigenvalue weighted by Crippen LogP contribution is -1.55. The molecule has 0 fully saturated rings. The molecule has 38 valence electrons. The lowest BCUT2D eigenvalue weighted by atomic mass is 11.0. The second-order valence-electron chi connectivity index (χ2n) is 0.860. The van der Waals surface area contributed by atoms with Crippen molar-refractivity contribution < 1.29 is 1.37 Å². The van der Waals surface area contributed by atoms with E-state index in [4.69, 9.17) is 1.37 Å². The first-order valence-corrected chi connectivity index (χ1v) is 3.89. The molecule has 0 aliphatic rings. The van der Waals surface area contributed by atoms with Crippen LogP contribution in [0.5, 0.6) is 0 Å². The van der Waals surface area contributed by atoms with Crippen LogP contribution in [0.4, 0.5) is 0 Å². The van der Waals surface area contributed by atoms with E-state index < -0.39 is 0 Å². The summed E-state index contributed by atoms with van der Waals surface area (Å²) in [5.74, 6) is 0. The Labute approximate surface area is 63.4 Å². The van der Waals surface area contributed by atoms with Gasteiger partial charge in [0.1, 0.15) is 4.60 Å². The Bertz CT molecular complexity index is 180. The van der Waals surface area contributed by atoms with Gasteiger partial charge in [-0.1, -0.05) is 0 Å². The minimum Gasteiger partial charge on any atom is -0.222 e. The first-order chi connectivity index (χ1) is 3.70. The molecule has 0 aliphatic carbocycles. The van der Waals surface area contributed by atoms with Crippen molar-refractivity contribution in [2.24, 2.45) is 0 Å². The summed E-state index contributed by atoms with van der Waals surface area (Å²) in [7, 11) is 0. The molecule has 1 nitrogen and oxygen atoms in total. The topological polar surface area (TPSA) is 12.9 Å². The van der Waals surface area contributed by atoms with Crippen molar-refractivity contribution in [1.29, 1.82) is 0 Å². The average Bonchev–Trinajstić information content (AvgIpc) is 1.85. The first kappa shape index (κ1) is 4.47. The van der Waals surface area contributed by atoms with Crippen LogP contribution in [-0.4, -0.2) is 4.98 Å². The summed E-state index contributed by atoms with van der Waals surface area (Å²) in [5.41, 5.74) is 0. The van der Waals surface area contributed by atoms with Crippen LogP contribution in [0.25, 0.3) is 0 Å². The van der Waals surface area contributed by atoms with Gasteiger partial charge in [-0.2, -0.15) is 0 Å². The molecule has 1 aromatic heterocycles. The summed E-state index contributed by atoms with van der Waals surface area (Å²) in [6.07, 6.45) is 0. The van der Waals surface area contributed by atoms with E-state index in [-0.39, 0.29) is 0 Å². The standard InChI is InChI=1S/C3HBr2NS/c4-2-1-7-3(5)6-2/h1H/i1D. The molecule has 0 bridgehead atoms. The lowest BCUT2D eigenvalue weighted by Gasteiger charge is -1.67. The summed E-state index contributed by atoms with van der Waals surface area (Å²) in [5, 5.41) is 0.455. The lowest BCUT2D eigenvalue weighted by molar-refractivity contribution is 1.33. The van der Waals surface area contributed by atoms with E-state index >= 15 is 0 Å². The zero-order valence-corrected chi connectivity index (χ0v) is 7.10. The van der Waals surface area contributed by atoms with E-state index in [0.29, 0.717) is 9.96 Å². The van der Waals surface area contributed by atoms with Gasteiger partial charge in [-0.3, -0.25) is 0 Å². The highest BCUT2D eigenvalue weighted by atomic mass is 79.9. The Morgan fingerprint density at radius 1 is 1.86 bits per heavy atom. The second kappa shape index (κ2) is 2.24. The number of hydrogen-bond donors (Lipinski definition) is 0. The van der Waals surface area contributed by atoms with Crippen molar-refractivity contribution in [3.05, 3.63) is 13.9 Å². The van der Waals surface area contributed by atoms with Gasteiger partial charge in [0.05, 0.1) is 1.37 Å². The van der Waals surface area contributed by atoms with Gasteiger partial charge in [-0.05, 0) is 31.9 Å². The van der Waals surface area contributed by atoms with Crippen molar-refractivity contribution in [2.45, 2.75) is 0 Å². The molecule has 7 heavy (non-hydrogen) atoms. The third-order valence-corrected chi connectivity index (χ3v) is 2.26. The number of aromatic nitrogens is 1. The molecule has 0 spiro atoms. The minimum absolute atomic E-state index is 0.455. The zero-order chi connectivity index (χ0) is 6.15. The molecule has 0 radical (unpaired) electrons. The fourth-order valence-electron chi connectivity index (χ4n) is 0.207. The van der Waals surface area contributed by atoms with E-state index in [2.05, 4.69) is 36.8 Å². The normalized spacial score (nSPS) is 11.4. The smallest absolute Gasteiger partial charge is 0.160 e. The third kappa shape index (κ3) is 1.51. The van der Waals surface area contributed by atoms with Gasteiger partial charge in [0.2, 0.25) is 0 Å². The van der Waals surface area contributed by atoms with Crippen molar-refractivity contribution in [3.63, 3.8) is 0 Å². The number of hydrogen-bond acceptors (Lipinski definition) is 2. The monoisotopic (exact) mass is 242 g/mol. The predicted molar refractivity (Wildman–Crippen MR) is 37.5 cm³/mol. The molecule has 0 saturated heterocycles. The molecule has 0 amide bonds. The van der Waals surface area contributed by atoms with Crippen molar-refractivity contribution in [2.75, 3.05) is 0 Å². The Morgan fingerprint density at radius 3 is 2.71 bits per heavy atom. The van der Waals surface area contributed by atoms with E-state index in [1.165, 1.54) is 11.3 Å². The summed E-state index contributed by atoms with van der Waals surface area (Å²) >= 11 is 7.53. The zero-order valence-electron chi connectivity index (χ0n) is 4.11. The molecule has 0 atom stereocenters. The molecule has 0 unspecified atom stereocenters. The molecular weight excluding hydrogens is 242 g/mol. The van der Waals surface area contributed by atoms with Gasteiger partial charge < -0.3 is 0 Å². The third-order valence-electron chi connectivity index (χ3n) is 0.406. The number of halogens is 2. The van der Waals surface area contributed by atoms with Gasteiger partial charge in [0, 0.05) is 5.36 Å². The van der Waals surface area contributed by atoms with Crippen LogP contribution >= 0.6 is 43.2 Å². The van der Waals surface area contributed by atoms with E-state index in [0.717, 1.165) is 3.92 Å². The molecule has 4 heteroatoms. The quantitative estimate of drug-likeness (QED) is 0.683. The van der Waals surface area contributed by atoms with Gasteiger partial charge in [0.25, 0.3) is 0 Å². The number of rotatable bonds is 0. The molecule has 1 aromatic rings. The van der Waals surface area contributed by atoms with Crippen LogP contribution in [0.1, 0.15) is 1.37 Å². The number of nitrogens with zero attached hydrogens (tertiary/aromatic N) is 1. The van der Waals surface area contributed by atoms with Crippen LogP contribution in [-0.2, 0) is 0 Å². The predicted octanol–water partition coefficient (Wildman–Crippen LogP) is 2.67. The van der Waals surface area contributed by atoms with Gasteiger partial charge in [-0.25, -0.2) is 4.98 Å². The maximum absolute atomic E-state index is 7.12. The fourth-order valence-corrected chi connectivity index (χ4v) is 1.75. The van der Waals surface area contributed by atoms with E-state index in [9.17, 15) is 0 Å². The maximum Gasteiger partial charge on any atom is 0.160 e. The highest BCUT2D eigenvalue weighted by molar-refractivity contribution is 9.11. The molecular formula is C3HBr2NS. The Kier molecular flexibility index (Phi) is 1.43. The molecule has 0 aromatic carbocycles. The maximum atomic E-state index is 7.12. The van der Waals surface area contributed by atoms with Crippen LogP contribution < -0.4 is 0 Å². The van der Waals surface area contributed by atoms with Crippen LogP contribution in [0.15, 0.2) is 13.9 Å². The summed E-state index contributed by atoms with van der Waals surface area (Å²) in [6, 6.07) is 0. The Morgan fingerprint density at radius 2 is 2.57 bits per heavy atom. The molecule has 0 aliphatic heterocycles. The SMILES string of the molecule is [2H]c1sc(Br)nc1Br. The summed E-state index contributed by atoms with van der Waals surface area (Å²) < 4.78 is 8.47. The molecule has 0 N–H and O–H groups in total. The van der Waals surface area contributed by atoms with Crippen molar-refractivity contribution in [3.8, 4) is 0 Å². The first-order valence-electron chi connectivity index (χ1n) is 1.98. The average molecular weight is 244 g/mol.